The third kappa shape index (κ3) is 4.72. The maximum atomic E-state index is 13.4. The van der Waals surface area contributed by atoms with Crippen LogP contribution in [0.4, 0.5) is 16.2 Å². The lowest BCUT2D eigenvalue weighted by Gasteiger charge is -2.36. The van der Waals surface area contributed by atoms with Gasteiger partial charge in [-0.1, -0.05) is 12.1 Å². The number of hydrogen-bond acceptors (Lipinski definition) is 9. The molecule has 0 aliphatic carbocycles. The van der Waals surface area contributed by atoms with Gasteiger partial charge in [0.25, 0.3) is 5.91 Å². The molecule has 6 rings (SSSR count). The van der Waals surface area contributed by atoms with Crippen molar-refractivity contribution in [2.24, 2.45) is 0 Å². The summed E-state index contributed by atoms with van der Waals surface area (Å²) in [7, 11) is 5.58. The standard InChI is InChI=1S/C27H32N10O3/c1-17-5-6-18(25-30-32-37(31-25)21-15-35(16-21)27(39)40-4)11-23(17)29-26(38)22-13-28-36-10-8-19(12-24(22)36)34-9-7-20(14-34)33(2)3/h5-6,8,10-13,20-21H,7,9,14-16H2,1-4H3,(H,29,38)/t20-/m1/s1. The van der Waals surface area contributed by atoms with Crippen molar-refractivity contribution in [3.05, 3.63) is 53.9 Å². The number of anilines is 2. The molecule has 0 radical (unpaired) electrons. The number of benzene rings is 1. The van der Waals surface area contributed by atoms with Crippen LogP contribution >= 0.6 is 0 Å². The first-order chi connectivity index (χ1) is 19.3. The number of nitrogens with one attached hydrogen (secondary N) is 1. The van der Waals surface area contributed by atoms with Gasteiger partial charge in [-0.25, -0.2) is 9.31 Å². The second-order valence-electron chi connectivity index (χ2n) is 10.6. The fraction of sp³-hybridized carbons (Fsp3) is 0.407. The Balaban J connectivity index is 1.19. The third-order valence-electron chi connectivity index (χ3n) is 7.80. The van der Waals surface area contributed by atoms with E-state index >= 15 is 0 Å². The van der Waals surface area contributed by atoms with E-state index in [9.17, 15) is 9.59 Å². The van der Waals surface area contributed by atoms with Crippen molar-refractivity contribution >= 4 is 28.9 Å². The van der Waals surface area contributed by atoms with Gasteiger partial charge in [-0.2, -0.15) is 9.90 Å². The highest BCUT2D eigenvalue weighted by molar-refractivity contribution is 6.09. The molecule has 2 aliphatic rings. The molecule has 0 spiro atoms. The fourth-order valence-electron chi connectivity index (χ4n) is 5.20. The minimum atomic E-state index is -0.369. The first-order valence-corrected chi connectivity index (χ1v) is 13.2. The number of amides is 2. The molecule has 13 nitrogen and oxygen atoms in total. The van der Waals surface area contributed by atoms with Gasteiger partial charge in [0.05, 0.1) is 37.5 Å². The fourth-order valence-corrected chi connectivity index (χ4v) is 5.20. The highest BCUT2D eigenvalue weighted by atomic mass is 16.5. The molecule has 208 valence electrons. The van der Waals surface area contributed by atoms with E-state index in [0.29, 0.717) is 36.2 Å². The van der Waals surface area contributed by atoms with Crippen LogP contribution in [0, 0.1) is 6.92 Å². The zero-order chi connectivity index (χ0) is 28.0. The molecule has 0 bridgehead atoms. The van der Waals surface area contributed by atoms with E-state index in [4.69, 9.17) is 4.74 Å². The first kappa shape index (κ1) is 25.7. The van der Waals surface area contributed by atoms with Crippen molar-refractivity contribution in [3.8, 4) is 11.4 Å². The summed E-state index contributed by atoms with van der Waals surface area (Å²) in [5, 5.41) is 20.3. The number of fused-ring (bicyclic) bond motifs is 1. The maximum absolute atomic E-state index is 13.4. The average Bonchev–Trinajstić information content (AvgIpc) is 3.68. The number of likely N-dealkylation sites (N-methyl/N-ethyl adjacent to an activating group) is 1. The Bertz CT molecular complexity index is 1570. The first-order valence-electron chi connectivity index (χ1n) is 13.2. The van der Waals surface area contributed by atoms with Crippen molar-refractivity contribution in [3.63, 3.8) is 0 Å². The van der Waals surface area contributed by atoms with Crippen molar-refractivity contribution in [1.29, 1.82) is 0 Å². The van der Waals surface area contributed by atoms with Gasteiger partial charge in [0, 0.05) is 42.3 Å². The summed E-state index contributed by atoms with van der Waals surface area (Å²) in [5.41, 5.74) is 4.62. The summed E-state index contributed by atoms with van der Waals surface area (Å²) in [6, 6.07) is 10.2. The largest absolute Gasteiger partial charge is 0.453 e. The van der Waals surface area contributed by atoms with Crippen LogP contribution in [0.15, 0.2) is 42.7 Å². The molecule has 1 atom stereocenters. The van der Waals surface area contributed by atoms with Crippen molar-refractivity contribution in [2.45, 2.75) is 25.4 Å². The highest BCUT2D eigenvalue weighted by Gasteiger charge is 2.34. The zero-order valence-electron chi connectivity index (χ0n) is 23.0. The lowest BCUT2D eigenvalue weighted by molar-refractivity contribution is 0.0621. The normalized spacial score (nSPS) is 17.5. The molecule has 5 heterocycles. The van der Waals surface area contributed by atoms with E-state index in [-0.39, 0.29) is 18.0 Å². The van der Waals surface area contributed by atoms with Gasteiger partial charge in [-0.3, -0.25) is 4.79 Å². The summed E-state index contributed by atoms with van der Waals surface area (Å²) in [6.45, 7) is 4.79. The Morgan fingerprint density at radius 1 is 1.12 bits per heavy atom. The predicted octanol–water partition coefficient (Wildman–Crippen LogP) is 2.31. The van der Waals surface area contributed by atoms with Crippen LogP contribution < -0.4 is 10.2 Å². The smallest absolute Gasteiger partial charge is 0.409 e. The molecule has 4 aromatic rings. The summed E-state index contributed by atoms with van der Waals surface area (Å²) in [4.78, 5) is 32.8. The summed E-state index contributed by atoms with van der Waals surface area (Å²) in [6.07, 6.45) is 4.24. The molecule has 2 amide bonds. The maximum Gasteiger partial charge on any atom is 0.409 e. The van der Waals surface area contributed by atoms with Gasteiger partial charge in [-0.05, 0) is 56.4 Å². The van der Waals surface area contributed by atoms with Crippen LogP contribution in [0.1, 0.15) is 28.4 Å². The van der Waals surface area contributed by atoms with E-state index in [1.807, 2.05) is 43.5 Å². The van der Waals surface area contributed by atoms with Crippen molar-refractivity contribution in [2.75, 3.05) is 57.6 Å². The quantitative estimate of drug-likeness (QED) is 0.389. The topological polar surface area (TPSA) is 126 Å². The van der Waals surface area contributed by atoms with Gasteiger partial charge in [0.2, 0.25) is 5.82 Å². The second-order valence-corrected chi connectivity index (χ2v) is 10.6. The molecule has 1 aromatic carbocycles. The Morgan fingerprint density at radius 3 is 2.70 bits per heavy atom. The summed E-state index contributed by atoms with van der Waals surface area (Å²) < 4.78 is 6.47. The van der Waals surface area contributed by atoms with E-state index in [0.717, 1.165) is 41.8 Å². The molecule has 0 unspecified atom stereocenters. The molecule has 1 N–H and O–H groups in total. The molecule has 3 aromatic heterocycles. The van der Waals surface area contributed by atoms with Gasteiger partial charge in [0.15, 0.2) is 0 Å². The number of methoxy groups -OCH3 is 1. The number of aromatic nitrogens is 6. The third-order valence-corrected chi connectivity index (χ3v) is 7.80. The Morgan fingerprint density at radius 2 is 1.95 bits per heavy atom. The number of tetrazole rings is 1. The van der Waals surface area contributed by atoms with E-state index in [1.54, 1.807) is 15.6 Å². The molecule has 2 fully saturated rings. The number of likely N-dealkylation sites (tertiary alicyclic amines) is 1. The molecule has 13 heteroatoms. The van der Waals surface area contributed by atoms with Gasteiger partial charge in [0.1, 0.15) is 6.04 Å². The minimum absolute atomic E-state index is 0.0557. The Hall–Kier alpha value is -4.52. The summed E-state index contributed by atoms with van der Waals surface area (Å²) in [5.74, 6) is 0.197. The lowest BCUT2D eigenvalue weighted by atomic mass is 10.1. The molecule has 2 aliphatic heterocycles. The van der Waals surface area contributed by atoms with Crippen LogP contribution in [-0.2, 0) is 4.74 Å². The molecule has 2 saturated heterocycles. The number of aryl methyl sites for hydroxylation is 1. The zero-order valence-corrected chi connectivity index (χ0v) is 23.0. The van der Waals surface area contributed by atoms with Gasteiger partial charge >= 0.3 is 6.09 Å². The van der Waals surface area contributed by atoms with Gasteiger partial charge in [-0.15, -0.1) is 10.2 Å². The van der Waals surface area contributed by atoms with Crippen molar-refractivity contribution in [1.82, 2.24) is 39.6 Å². The SMILES string of the molecule is COC(=O)N1CC(n2nnc(-c3ccc(C)c(NC(=O)c4cnn5ccc(N6CC[C@@H](N(C)C)C6)cc45)c3)n2)C1. The van der Waals surface area contributed by atoms with Crippen LogP contribution in [0.25, 0.3) is 16.9 Å². The predicted molar refractivity (Wildman–Crippen MR) is 148 cm³/mol. The monoisotopic (exact) mass is 544 g/mol. The Labute approximate surface area is 231 Å². The van der Waals surface area contributed by atoms with Crippen molar-refractivity contribution < 1.29 is 14.3 Å². The Kier molecular flexibility index (Phi) is 6.58. The minimum Gasteiger partial charge on any atom is -0.453 e. The number of rotatable bonds is 6. The average molecular weight is 545 g/mol. The number of hydrogen-bond donors (Lipinski definition) is 1. The number of carbonyl (C=O) groups excluding carboxylic acids is 2. The lowest BCUT2D eigenvalue weighted by Crippen LogP contribution is -2.51. The van der Waals surface area contributed by atoms with Crippen LogP contribution in [0.2, 0.25) is 0 Å². The van der Waals surface area contributed by atoms with Crippen LogP contribution in [0.3, 0.4) is 0 Å². The number of pyridine rings is 1. The molecule has 0 saturated carbocycles. The van der Waals surface area contributed by atoms with E-state index < -0.39 is 0 Å². The van der Waals surface area contributed by atoms with Gasteiger partial charge < -0.3 is 24.8 Å². The number of nitrogens with zero attached hydrogens (tertiary/aromatic N) is 9. The highest BCUT2D eigenvalue weighted by Crippen LogP contribution is 2.27. The number of ether oxygens (including phenoxy) is 1. The molecular formula is C27H32N10O3. The summed E-state index contributed by atoms with van der Waals surface area (Å²) >= 11 is 0. The van der Waals surface area contributed by atoms with Crippen LogP contribution in [-0.4, -0.2) is 105 Å². The van der Waals surface area contributed by atoms with E-state index in [1.165, 1.54) is 11.9 Å². The second kappa shape index (κ2) is 10.2. The molecule has 40 heavy (non-hydrogen) atoms. The van der Waals surface area contributed by atoms with Crippen LogP contribution in [0.5, 0.6) is 0 Å². The molecular weight excluding hydrogens is 512 g/mol. The number of carbonyl (C=O) groups is 2. The van der Waals surface area contributed by atoms with E-state index in [2.05, 4.69) is 49.7 Å².